The molecule has 1 unspecified atom stereocenters. The first-order valence-corrected chi connectivity index (χ1v) is 6.12. The summed E-state index contributed by atoms with van der Waals surface area (Å²) in [6.45, 7) is -1.15. The lowest BCUT2D eigenvalue weighted by atomic mass is 10.1. The van der Waals surface area contributed by atoms with E-state index in [4.69, 9.17) is 0 Å². The monoisotopic (exact) mass is 281 g/mol. The summed E-state index contributed by atoms with van der Waals surface area (Å²) in [7, 11) is 0. The molecule has 0 aromatic heterocycles. The van der Waals surface area contributed by atoms with E-state index in [0.717, 1.165) is 0 Å². The van der Waals surface area contributed by atoms with Crippen LogP contribution < -0.4 is 10.1 Å². The highest BCUT2D eigenvalue weighted by Gasteiger charge is 2.14. The molecule has 0 aliphatic heterocycles. The standard InChI is InChI=1S/C15H14F3NO/c1-10(11-6-2-3-7-12(11)16)19-13-8-4-5-9-14(13)20-15(17)18/h2-10,15,19H,1H3. The van der Waals surface area contributed by atoms with Crippen LogP contribution in [-0.2, 0) is 0 Å². The predicted octanol–water partition coefficient (Wildman–Crippen LogP) is 4.60. The van der Waals surface area contributed by atoms with Crippen LogP contribution in [-0.4, -0.2) is 6.61 Å². The zero-order chi connectivity index (χ0) is 14.5. The van der Waals surface area contributed by atoms with Gasteiger partial charge in [-0.2, -0.15) is 8.78 Å². The highest BCUT2D eigenvalue weighted by molar-refractivity contribution is 5.57. The summed E-state index contributed by atoms with van der Waals surface area (Å²) in [6, 6.07) is 12.3. The largest absolute Gasteiger partial charge is 0.433 e. The highest BCUT2D eigenvalue weighted by Crippen LogP contribution is 2.29. The molecule has 5 heteroatoms. The summed E-state index contributed by atoms with van der Waals surface area (Å²) < 4.78 is 42.7. The van der Waals surface area contributed by atoms with Gasteiger partial charge in [0, 0.05) is 5.56 Å². The molecule has 0 radical (unpaired) electrons. The van der Waals surface area contributed by atoms with Gasteiger partial charge in [-0.25, -0.2) is 4.39 Å². The Morgan fingerprint density at radius 2 is 1.65 bits per heavy atom. The number of anilines is 1. The smallest absolute Gasteiger partial charge is 0.387 e. The summed E-state index contributed by atoms with van der Waals surface area (Å²) in [5, 5.41) is 2.97. The Morgan fingerprint density at radius 3 is 2.35 bits per heavy atom. The third-order valence-electron chi connectivity index (χ3n) is 2.85. The molecule has 0 spiro atoms. The third-order valence-corrected chi connectivity index (χ3v) is 2.85. The van der Waals surface area contributed by atoms with E-state index in [1.807, 2.05) is 0 Å². The van der Waals surface area contributed by atoms with Crippen molar-refractivity contribution in [3.63, 3.8) is 0 Å². The Labute approximate surface area is 115 Å². The molecule has 2 rings (SSSR count). The van der Waals surface area contributed by atoms with Crippen molar-refractivity contribution in [1.29, 1.82) is 0 Å². The van der Waals surface area contributed by atoms with E-state index >= 15 is 0 Å². The quantitative estimate of drug-likeness (QED) is 0.864. The fraction of sp³-hybridized carbons (Fsp3) is 0.200. The van der Waals surface area contributed by atoms with E-state index in [0.29, 0.717) is 11.3 Å². The van der Waals surface area contributed by atoms with Gasteiger partial charge in [0.2, 0.25) is 0 Å². The molecule has 0 amide bonds. The fourth-order valence-corrected chi connectivity index (χ4v) is 1.92. The van der Waals surface area contributed by atoms with Crippen molar-refractivity contribution in [2.75, 3.05) is 5.32 Å². The number of benzene rings is 2. The van der Waals surface area contributed by atoms with Gasteiger partial charge in [-0.15, -0.1) is 0 Å². The number of alkyl halides is 2. The number of halogens is 3. The van der Waals surface area contributed by atoms with Gasteiger partial charge in [-0.05, 0) is 25.1 Å². The fourth-order valence-electron chi connectivity index (χ4n) is 1.92. The van der Waals surface area contributed by atoms with Crippen LogP contribution in [0.4, 0.5) is 18.9 Å². The van der Waals surface area contributed by atoms with Gasteiger partial charge in [0.1, 0.15) is 11.6 Å². The van der Waals surface area contributed by atoms with Crippen molar-refractivity contribution in [1.82, 2.24) is 0 Å². The first kappa shape index (κ1) is 14.2. The van der Waals surface area contributed by atoms with Crippen LogP contribution in [0.3, 0.4) is 0 Å². The molecule has 0 aliphatic carbocycles. The van der Waals surface area contributed by atoms with E-state index in [9.17, 15) is 13.2 Å². The van der Waals surface area contributed by atoms with Crippen molar-refractivity contribution in [3.8, 4) is 5.75 Å². The summed E-state index contributed by atoms with van der Waals surface area (Å²) in [6.07, 6.45) is 0. The lowest BCUT2D eigenvalue weighted by molar-refractivity contribution is -0.0493. The molecule has 2 nitrogen and oxygen atoms in total. The van der Waals surface area contributed by atoms with Gasteiger partial charge >= 0.3 is 6.61 Å². The van der Waals surface area contributed by atoms with Gasteiger partial charge in [0.05, 0.1) is 11.7 Å². The minimum absolute atomic E-state index is 0.0330. The van der Waals surface area contributed by atoms with Crippen LogP contribution >= 0.6 is 0 Å². The number of rotatable bonds is 5. The minimum atomic E-state index is -2.90. The van der Waals surface area contributed by atoms with Crippen LogP contribution in [0, 0.1) is 5.82 Å². The summed E-state index contributed by atoms with van der Waals surface area (Å²) >= 11 is 0. The first-order valence-electron chi connectivity index (χ1n) is 6.12. The number of ether oxygens (including phenoxy) is 1. The van der Waals surface area contributed by atoms with Crippen LogP contribution in [0.25, 0.3) is 0 Å². The number of hydrogen-bond donors (Lipinski definition) is 1. The summed E-state index contributed by atoms with van der Waals surface area (Å²) in [4.78, 5) is 0. The Balaban J connectivity index is 2.20. The third kappa shape index (κ3) is 3.44. The molecule has 20 heavy (non-hydrogen) atoms. The van der Waals surface area contributed by atoms with Gasteiger partial charge < -0.3 is 10.1 Å². The van der Waals surface area contributed by atoms with Gasteiger partial charge in [0.15, 0.2) is 0 Å². The van der Waals surface area contributed by atoms with E-state index in [-0.39, 0.29) is 17.6 Å². The lowest BCUT2D eigenvalue weighted by Crippen LogP contribution is -2.11. The van der Waals surface area contributed by atoms with Crippen LogP contribution in [0.5, 0.6) is 5.75 Å². The van der Waals surface area contributed by atoms with Crippen molar-refractivity contribution in [2.45, 2.75) is 19.6 Å². The Kier molecular flexibility index (Phi) is 4.50. The maximum absolute atomic E-state index is 13.7. The lowest BCUT2D eigenvalue weighted by Gasteiger charge is -2.18. The molecule has 2 aromatic rings. The highest BCUT2D eigenvalue weighted by atomic mass is 19.3. The Bertz CT molecular complexity index is 575. The summed E-state index contributed by atoms with van der Waals surface area (Å²) in [5.41, 5.74) is 0.850. The maximum atomic E-state index is 13.7. The van der Waals surface area contributed by atoms with Crippen molar-refractivity contribution in [2.24, 2.45) is 0 Å². The van der Waals surface area contributed by atoms with Crippen LogP contribution in [0.1, 0.15) is 18.5 Å². The molecule has 106 valence electrons. The average Bonchev–Trinajstić information content (AvgIpc) is 2.41. The second kappa shape index (κ2) is 6.32. The normalized spacial score (nSPS) is 12.2. The van der Waals surface area contributed by atoms with E-state index in [1.54, 1.807) is 43.3 Å². The minimum Gasteiger partial charge on any atom is -0.433 e. The van der Waals surface area contributed by atoms with E-state index in [2.05, 4.69) is 10.1 Å². The zero-order valence-corrected chi connectivity index (χ0v) is 10.8. The second-order valence-corrected chi connectivity index (χ2v) is 4.26. The second-order valence-electron chi connectivity index (χ2n) is 4.26. The maximum Gasteiger partial charge on any atom is 0.387 e. The SMILES string of the molecule is CC(Nc1ccccc1OC(F)F)c1ccccc1F. The average molecular weight is 281 g/mol. The molecule has 0 fully saturated rings. The molecule has 1 atom stereocenters. The Hall–Kier alpha value is -2.17. The molecule has 0 bridgehead atoms. The van der Waals surface area contributed by atoms with Gasteiger partial charge in [-0.1, -0.05) is 30.3 Å². The van der Waals surface area contributed by atoms with Crippen molar-refractivity contribution >= 4 is 5.69 Å². The molecule has 0 saturated heterocycles. The van der Waals surface area contributed by atoms with Crippen molar-refractivity contribution in [3.05, 3.63) is 59.9 Å². The number of nitrogens with one attached hydrogen (secondary N) is 1. The van der Waals surface area contributed by atoms with Crippen LogP contribution in [0.15, 0.2) is 48.5 Å². The molecule has 0 heterocycles. The molecule has 2 aromatic carbocycles. The van der Waals surface area contributed by atoms with Crippen molar-refractivity contribution < 1.29 is 17.9 Å². The number of para-hydroxylation sites is 2. The first-order chi connectivity index (χ1) is 9.58. The zero-order valence-electron chi connectivity index (χ0n) is 10.8. The Morgan fingerprint density at radius 1 is 1.00 bits per heavy atom. The molecule has 0 saturated carbocycles. The number of hydrogen-bond acceptors (Lipinski definition) is 2. The molecular weight excluding hydrogens is 267 g/mol. The summed E-state index contributed by atoms with van der Waals surface area (Å²) in [5.74, 6) is -0.314. The van der Waals surface area contributed by atoms with Gasteiger partial charge in [0.25, 0.3) is 0 Å². The van der Waals surface area contributed by atoms with Crippen LogP contribution in [0.2, 0.25) is 0 Å². The molecule has 0 aliphatic rings. The molecular formula is C15H14F3NO. The molecule has 1 N–H and O–H groups in total. The van der Waals surface area contributed by atoms with Gasteiger partial charge in [-0.3, -0.25) is 0 Å². The van der Waals surface area contributed by atoms with E-state index in [1.165, 1.54) is 12.1 Å². The van der Waals surface area contributed by atoms with E-state index < -0.39 is 6.61 Å². The predicted molar refractivity (Wildman–Crippen MR) is 71.5 cm³/mol. The topological polar surface area (TPSA) is 21.3 Å².